The van der Waals surface area contributed by atoms with E-state index in [1.165, 1.54) is 5.56 Å². The number of rotatable bonds is 5. The molecule has 2 atom stereocenters. The van der Waals surface area contributed by atoms with E-state index in [1.807, 2.05) is 6.07 Å². The molecule has 0 spiro atoms. The molecule has 1 aromatic carbocycles. The van der Waals surface area contributed by atoms with Gasteiger partial charge in [-0.05, 0) is 25.8 Å². The Balaban J connectivity index is 1.88. The summed E-state index contributed by atoms with van der Waals surface area (Å²) in [5.41, 5.74) is 1.24. The number of piperazine rings is 1. The zero-order valence-corrected chi connectivity index (χ0v) is 14.0. The van der Waals surface area contributed by atoms with Gasteiger partial charge in [0, 0.05) is 38.1 Å². The molecule has 2 rings (SSSR count). The Kier molecular flexibility index (Phi) is 6.20. The molecule has 1 amide bonds. The van der Waals surface area contributed by atoms with Crippen molar-refractivity contribution in [3.05, 3.63) is 42.0 Å². The highest BCUT2D eigenvalue weighted by atomic mass is 16.2. The van der Waals surface area contributed by atoms with Crippen molar-refractivity contribution in [2.45, 2.75) is 45.7 Å². The summed E-state index contributed by atoms with van der Waals surface area (Å²) in [6.45, 7) is 9.25. The lowest BCUT2D eigenvalue weighted by molar-refractivity contribution is -0.138. The van der Waals surface area contributed by atoms with Crippen molar-refractivity contribution in [3.63, 3.8) is 0 Å². The van der Waals surface area contributed by atoms with E-state index < -0.39 is 0 Å². The number of amides is 1. The van der Waals surface area contributed by atoms with E-state index in [2.05, 4.69) is 67.0 Å². The maximum Gasteiger partial charge on any atom is 0.223 e. The molecule has 1 aliphatic rings. The van der Waals surface area contributed by atoms with Gasteiger partial charge in [-0.2, -0.15) is 0 Å². The molecule has 0 aliphatic carbocycles. The fraction of sp³-hybridized carbons (Fsp3) is 0.526. The van der Waals surface area contributed by atoms with Gasteiger partial charge in [-0.15, -0.1) is 0 Å². The first-order chi connectivity index (χ1) is 10.6. The van der Waals surface area contributed by atoms with E-state index in [0.717, 1.165) is 26.1 Å². The number of carbonyl (C=O) groups is 1. The van der Waals surface area contributed by atoms with Gasteiger partial charge in [0.1, 0.15) is 0 Å². The van der Waals surface area contributed by atoms with Crippen molar-refractivity contribution in [2.75, 3.05) is 19.6 Å². The molecular weight excluding hydrogens is 272 g/mol. The third-order valence-corrected chi connectivity index (χ3v) is 4.22. The predicted octanol–water partition coefficient (Wildman–Crippen LogP) is 3.42. The first-order valence-electron chi connectivity index (χ1n) is 8.37. The minimum Gasteiger partial charge on any atom is -0.335 e. The minimum absolute atomic E-state index is 0.299. The number of benzene rings is 1. The third kappa shape index (κ3) is 4.44. The highest BCUT2D eigenvalue weighted by Gasteiger charge is 2.31. The van der Waals surface area contributed by atoms with Crippen LogP contribution in [0, 0.1) is 0 Å². The Morgan fingerprint density at radius 2 is 1.82 bits per heavy atom. The normalized spacial score (nSPS) is 23.1. The lowest BCUT2D eigenvalue weighted by Crippen LogP contribution is -2.58. The van der Waals surface area contributed by atoms with Gasteiger partial charge in [-0.3, -0.25) is 9.69 Å². The molecule has 3 nitrogen and oxygen atoms in total. The SMILES string of the molecule is CCCC(=O)N1[C@@H](C)CN(C/C=C\c2ccccc2)C[C@@H]1C. The second kappa shape index (κ2) is 8.14. The Morgan fingerprint density at radius 3 is 2.41 bits per heavy atom. The minimum atomic E-state index is 0.299. The third-order valence-electron chi connectivity index (χ3n) is 4.22. The quantitative estimate of drug-likeness (QED) is 0.832. The summed E-state index contributed by atoms with van der Waals surface area (Å²) >= 11 is 0. The number of hydrogen-bond donors (Lipinski definition) is 0. The summed E-state index contributed by atoms with van der Waals surface area (Å²) in [5, 5.41) is 0. The number of hydrogen-bond acceptors (Lipinski definition) is 2. The van der Waals surface area contributed by atoms with Gasteiger partial charge >= 0.3 is 0 Å². The van der Waals surface area contributed by atoms with Crippen LogP contribution >= 0.6 is 0 Å². The van der Waals surface area contributed by atoms with E-state index in [-0.39, 0.29) is 0 Å². The van der Waals surface area contributed by atoms with Crippen molar-refractivity contribution < 1.29 is 4.79 Å². The van der Waals surface area contributed by atoms with Crippen LogP contribution in [0.3, 0.4) is 0 Å². The molecule has 1 aromatic rings. The second-order valence-electron chi connectivity index (χ2n) is 6.28. The lowest BCUT2D eigenvalue weighted by Gasteiger charge is -2.44. The molecule has 0 bridgehead atoms. The van der Waals surface area contributed by atoms with Crippen LogP contribution < -0.4 is 0 Å². The molecular formula is C19H28N2O. The Hall–Kier alpha value is -1.61. The molecule has 0 radical (unpaired) electrons. The van der Waals surface area contributed by atoms with Gasteiger partial charge in [-0.25, -0.2) is 0 Å². The van der Waals surface area contributed by atoms with Crippen LogP contribution in [0.15, 0.2) is 36.4 Å². The zero-order chi connectivity index (χ0) is 15.9. The van der Waals surface area contributed by atoms with Crippen molar-refractivity contribution in [1.82, 2.24) is 9.80 Å². The van der Waals surface area contributed by atoms with Crippen LogP contribution in [0.2, 0.25) is 0 Å². The summed E-state index contributed by atoms with van der Waals surface area (Å²) in [6, 6.07) is 11.0. The summed E-state index contributed by atoms with van der Waals surface area (Å²) in [4.78, 5) is 16.7. The number of carbonyl (C=O) groups excluding carboxylic acids is 1. The lowest BCUT2D eigenvalue weighted by atomic mass is 10.1. The van der Waals surface area contributed by atoms with E-state index in [9.17, 15) is 4.79 Å². The summed E-state index contributed by atoms with van der Waals surface area (Å²) in [5.74, 6) is 0.307. The summed E-state index contributed by atoms with van der Waals surface area (Å²) in [7, 11) is 0. The molecule has 1 heterocycles. The van der Waals surface area contributed by atoms with E-state index in [1.54, 1.807) is 0 Å². The fourth-order valence-corrected chi connectivity index (χ4v) is 3.32. The van der Waals surface area contributed by atoms with E-state index >= 15 is 0 Å². The summed E-state index contributed by atoms with van der Waals surface area (Å²) in [6.07, 6.45) is 5.99. The molecule has 0 aromatic heterocycles. The van der Waals surface area contributed by atoms with Gasteiger partial charge in [0.2, 0.25) is 5.91 Å². The first-order valence-corrected chi connectivity index (χ1v) is 8.37. The van der Waals surface area contributed by atoms with Crippen molar-refractivity contribution in [2.24, 2.45) is 0 Å². The van der Waals surface area contributed by atoms with Crippen LogP contribution in [0.4, 0.5) is 0 Å². The predicted molar refractivity (Wildman–Crippen MR) is 92.6 cm³/mol. The molecule has 0 saturated carbocycles. The second-order valence-corrected chi connectivity index (χ2v) is 6.28. The molecule has 0 unspecified atom stereocenters. The standard InChI is InChI=1S/C19H28N2O/c1-4-9-19(22)21-16(2)14-20(15-17(21)3)13-8-12-18-10-6-5-7-11-18/h5-8,10-12,16-17H,4,9,13-15H2,1-3H3/b12-8-/t16-,17-/m0/s1. The molecule has 22 heavy (non-hydrogen) atoms. The molecule has 1 aliphatic heterocycles. The Labute approximate surface area is 134 Å². The van der Waals surface area contributed by atoms with Crippen LogP contribution in [-0.2, 0) is 4.79 Å². The van der Waals surface area contributed by atoms with Gasteiger partial charge in [0.15, 0.2) is 0 Å². The van der Waals surface area contributed by atoms with Gasteiger partial charge in [-0.1, -0.05) is 49.4 Å². The smallest absolute Gasteiger partial charge is 0.223 e. The molecule has 3 heteroatoms. The maximum atomic E-state index is 12.2. The van der Waals surface area contributed by atoms with Crippen molar-refractivity contribution in [3.8, 4) is 0 Å². The van der Waals surface area contributed by atoms with Crippen LogP contribution in [0.1, 0.15) is 39.2 Å². The van der Waals surface area contributed by atoms with Crippen LogP contribution in [0.25, 0.3) is 6.08 Å². The maximum absolute atomic E-state index is 12.2. The molecule has 1 saturated heterocycles. The van der Waals surface area contributed by atoms with Crippen LogP contribution in [-0.4, -0.2) is 47.4 Å². The van der Waals surface area contributed by atoms with Crippen LogP contribution in [0.5, 0.6) is 0 Å². The monoisotopic (exact) mass is 300 g/mol. The Bertz CT molecular complexity index is 485. The zero-order valence-electron chi connectivity index (χ0n) is 14.0. The summed E-state index contributed by atoms with van der Waals surface area (Å²) < 4.78 is 0. The van der Waals surface area contributed by atoms with Gasteiger partial charge in [0.05, 0.1) is 0 Å². The topological polar surface area (TPSA) is 23.6 Å². The molecule has 1 fully saturated rings. The van der Waals surface area contributed by atoms with E-state index in [4.69, 9.17) is 0 Å². The average molecular weight is 300 g/mol. The van der Waals surface area contributed by atoms with Crippen molar-refractivity contribution in [1.29, 1.82) is 0 Å². The van der Waals surface area contributed by atoms with Gasteiger partial charge in [0.25, 0.3) is 0 Å². The largest absolute Gasteiger partial charge is 0.335 e. The highest BCUT2D eigenvalue weighted by molar-refractivity contribution is 5.77. The first kappa shape index (κ1) is 16.8. The average Bonchev–Trinajstić information content (AvgIpc) is 2.48. The van der Waals surface area contributed by atoms with E-state index in [0.29, 0.717) is 24.4 Å². The Morgan fingerprint density at radius 1 is 1.18 bits per heavy atom. The fourth-order valence-electron chi connectivity index (χ4n) is 3.32. The molecule has 0 N–H and O–H groups in total. The highest BCUT2D eigenvalue weighted by Crippen LogP contribution is 2.17. The van der Waals surface area contributed by atoms with Crippen molar-refractivity contribution >= 4 is 12.0 Å². The molecule has 120 valence electrons. The number of nitrogens with zero attached hydrogens (tertiary/aromatic N) is 2. The van der Waals surface area contributed by atoms with Gasteiger partial charge < -0.3 is 4.90 Å².